The summed E-state index contributed by atoms with van der Waals surface area (Å²) in [5, 5.41) is 2.79. The first kappa shape index (κ1) is 19.6. The third-order valence-electron chi connectivity index (χ3n) is 4.43. The van der Waals surface area contributed by atoms with Gasteiger partial charge in [0.1, 0.15) is 0 Å². The number of carbonyl (C=O) groups is 3. The van der Waals surface area contributed by atoms with Crippen molar-refractivity contribution in [2.75, 3.05) is 23.9 Å². The number of ether oxygens (including phenoxy) is 2. The number of para-hydroxylation sites is 2. The molecule has 1 aliphatic heterocycles. The van der Waals surface area contributed by atoms with E-state index in [0.717, 1.165) is 5.56 Å². The Labute approximate surface area is 163 Å². The average molecular weight is 382 g/mol. The van der Waals surface area contributed by atoms with Crippen LogP contribution in [-0.2, 0) is 25.7 Å². The van der Waals surface area contributed by atoms with E-state index in [1.54, 1.807) is 56.5 Å². The average Bonchev–Trinajstić information content (AvgIpc) is 2.80. The molecule has 1 N–H and O–H groups in total. The van der Waals surface area contributed by atoms with Crippen molar-refractivity contribution >= 4 is 29.2 Å². The van der Waals surface area contributed by atoms with Crippen LogP contribution in [-0.4, -0.2) is 37.5 Å². The first-order valence-corrected chi connectivity index (χ1v) is 8.95. The third-order valence-corrected chi connectivity index (χ3v) is 4.43. The molecule has 0 spiro atoms. The Morgan fingerprint density at radius 1 is 1.18 bits per heavy atom. The summed E-state index contributed by atoms with van der Waals surface area (Å²) >= 11 is 0. The monoisotopic (exact) mass is 382 g/mol. The second kappa shape index (κ2) is 8.67. The van der Waals surface area contributed by atoms with Gasteiger partial charge in [0.15, 0.2) is 6.61 Å². The second-order valence-corrected chi connectivity index (χ2v) is 6.59. The number of hydrogen-bond acceptors (Lipinski definition) is 5. The lowest BCUT2D eigenvalue weighted by Crippen LogP contribution is -2.41. The van der Waals surface area contributed by atoms with Gasteiger partial charge in [-0.25, -0.2) is 4.79 Å². The fraction of sp³-hybridized carbons (Fsp3) is 0.286. The lowest BCUT2D eigenvalue weighted by molar-refractivity contribution is -0.122. The van der Waals surface area contributed by atoms with Crippen molar-refractivity contribution < 1.29 is 23.9 Å². The van der Waals surface area contributed by atoms with E-state index in [1.807, 2.05) is 6.07 Å². The fourth-order valence-electron chi connectivity index (χ4n) is 3.20. The number of hydrogen-bond donors (Lipinski definition) is 1. The van der Waals surface area contributed by atoms with Crippen LogP contribution >= 0.6 is 0 Å². The van der Waals surface area contributed by atoms with E-state index in [2.05, 4.69) is 5.32 Å². The summed E-state index contributed by atoms with van der Waals surface area (Å²) in [6.07, 6.45) is 0.160. The van der Waals surface area contributed by atoms with E-state index in [-0.39, 0.29) is 18.4 Å². The van der Waals surface area contributed by atoms with E-state index in [9.17, 15) is 14.4 Å². The number of amides is 2. The number of nitrogens with one attached hydrogen (secondary N) is 1. The standard InChI is InChI=1S/C21H22N2O5/c1-14-10-19(24)22-17-8-3-4-9-18(17)23(14)20(25)13-28-21(26)16-7-5-6-15(11-16)12-27-2/h3-9,11,14H,10,12-13H2,1-2H3,(H,22,24)/t14-/m0/s1. The first-order chi connectivity index (χ1) is 13.5. The van der Waals surface area contributed by atoms with Crippen LogP contribution in [0.25, 0.3) is 0 Å². The molecule has 0 aromatic heterocycles. The topological polar surface area (TPSA) is 84.9 Å². The van der Waals surface area contributed by atoms with Crippen molar-refractivity contribution in [2.45, 2.75) is 26.0 Å². The number of anilines is 2. The highest BCUT2D eigenvalue weighted by Crippen LogP contribution is 2.31. The Hall–Kier alpha value is -3.19. The van der Waals surface area contributed by atoms with Crippen molar-refractivity contribution in [1.82, 2.24) is 0 Å². The minimum atomic E-state index is -0.587. The van der Waals surface area contributed by atoms with Crippen molar-refractivity contribution in [3.05, 3.63) is 59.7 Å². The lowest BCUT2D eigenvalue weighted by atomic mass is 10.1. The Balaban J connectivity index is 1.73. The van der Waals surface area contributed by atoms with Gasteiger partial charge in [0.2, 0.25) is 5.91 Å². The molecule has 2 aromatic rings. The molecule has 3 rings (SSSR count). The van der Waals surface area contributed by atoms with Gasteiger partial charge in [-0.1, -0.05) is 24.3 Å². The van der Waals surface area contributed by atoms with Gasteiger partial charge in [-0.2, -0.15) is 0 Å². The summed E-state index contributed by atoms with van der Waals surface area (Å²) in [6.45, 7) is 1.75. The lowest BCUT2D eigenvalue weighted by Gasteiger charge is -2.27. The molecule has 0 saturated heterocycles. The molecule has 0 bridgehead atoms. The number of rotatable bonds is 5. The molecule has 1 atom stereocenters. The van der Waals surface area contributed by atoms with E-state index in [1.165, 1.54) is 4.90 Å². The molecule has 0 fully saturated rings. The predicted octanol–water partition coefficient (Wildman–Crippen LogP) is 2.75. The minimum Gasteiger partial charge on any atom is -0.452 e. The maximum Gasteiger partial charge on any atom is 0.338 e. The predicted molar refractivity (Wildman–Crippen MR) is 104 cm³/mol. The molecule has 1 heterocycles. The molecule has 7 nitrogen and oxygen atoms in total. The molecule has 2 aromatic carbocycles. The summed E-state index contributed by atoms with van der Waals surface area (Å²) in [5.74, 6) is -1.14. The normalized spacial score (nSPS) is 16.0. The zero-order valence-corrected chi connectivity index (χ0v) is 15.8. The van der Waals surface area contributed by atoms with Crippen LogP contribution in [0.3, 0.4) is 0 Å². The quantitative estimate of drug-likeness (QED) is 0.804. The molecule has 0 saturated carbocycles. The van der Waals surface area contributed by atoms with E-state index in [0.29, 0.717) is 23.5 Å². The largest absolute Gasteiger partial charge is 0.452 e. The van der Waals surface area contributed by atoms with Crippen molar-refractivity contribution in [3.8, 4) is 0 Å². The Bertz CT molecular complexity index is 896. The molecule has 0 aliphatic carbocycles. The number of carbonyl (C=O) groups excluding carboxylic acids is 3. The summed E-state index contributed by atoms with van der Waals surface area (Å²) in [7, 11) is 1.57. The smallest absolute Gasteiger partial charge is 0.338 e. The molecule has 2 amide bonds. The van der Waals surface area contributed by atoms with Gasteiger partial charge < -0.3 is 19.7 Å². The zero-order chi connectivity index (χ0) is 20.1. The van der Waals surface area contributed by atoms with Gasteiger partial charge in [-0.15, -0.1) is 0 Å². The van der Waals surface area contributed by atoms with Crippen molar-refractivity contribution in [1.29, 1.82) is 0 Å². The van der Waals surface area contributed by atoms with Gasteiger partial charge in [0, 0.05) is 19.6 Å². The molecular formula is C21H22N2O5. The van der Waals surface area contributed by atoms with Crippen molar-refractivity contribution in [3.63, 3.8) is 0 Å². The summed E-state index contributed by atoms with van der Waals surface area (Å²) < 4.78 is 10.3. The van der Waals surface area contributed by atoms with Gasteiger partial charge in [-0.05, 0) is 36.8 Å². The maximum absolute atomic E-state index is 12.8. The van der Waals surface area contributed by atoms with Gasteiger partial charge in [0.25, 0.3) is 5.91 Å². The van der Waals surface area contributed by atoms with Crippen LogP contribution in [0.15, 0.2) is 48.5 Å². The Morgan fingerprint density at radius 3 is 2.75 bits per heavy atom. The number of nitrogens with zero attached hydrogens (tertiary/aromatic N) is 1. The molecular weight excluding hydrogens is 360 g/mol. The van der Waals surface area contributed by atoms with Crippen molar-refractivity contribution in [2.24, 2.45) is 0 Å². The summed E-state index contributed by atoms with van der Waals surface area (Å²) in [5.41, 5.74) is 2.33. The number of esters is 1. The van der Waals surface area contributed by atoms with Crippen LogP contribution in [0, 0.1) is 0 Å². The van der Waals surface area contributed by atoms with Crippen LogP contribution in [0.5, 0.6) is 0 Å². The molecule has 28 heavy (non-hydrogen) atoms. The Kier molecular flexibility index (Phi) is 6.06. The third kappa shape index (κ3) is 4.37. The fourth-order valence-corrected chi connectivity index (χ4v) is 3.20. The van der Waals surface area contributed by atoms with E-state index in [4.69, 9.17) is 9.47 Å². The highest BCUT2D eigenvalue weighted by molar-refractivity contribution is 6.05. The van der Waals surface area contributed by atoms with Gasteiger partial charge in [0.05, 0.1) is 23.5 Å². The molecule has 7 heteroatoms. The SMILES string of the molecule is COCc1cccc(C(=O)OCC(=O)N2c3ccccc3NC(=O)C[C@@H]2C)c1. The van der Waals surface area contributed by atoms with Crippen LogP contribution in [0.2, 0.25) is 0 Å². The molecule has 0 radical (unpaired) electrons. The summed E-state index contributed by atoms with van der Waals surface area (Å²) in [4.78, 5) is 38.7. The molecule has 0 unspecified atom stereocenters. The van der Waals surface area contributed by atoms with E-state index < -0.39 is 18.5 Å². The maximum atomic E-state index is 12.8. The number of methoxy groups -OCH3 is 1. The number of fused-ring (bicyclic) bond motifs is 1. The highest BCUT2D eigenvalue weighted by atomic mass is 16.5. The second-order valence-electron chi connectivity index (χ2n) is 6.59. The molecule has 146 valence electrons. The zero-order valence-electron chi connectivity index (χ0n) is 15.8. The van der Waals surface area contributed by atoms with Crippen LogP contribution < -0.4 is 10.2 Å². The molecule has 1 aliphatic rings. The van der Waals surface area contributed by atoms with Gasteiger partial charge >= 0.3 is 5.97 Å². The van der Waals surface area contributed by atoms with Crippen LogP contribution in [0.1, 0.15) is 29.3 Å². The van der Waals surface area contributed by atoms with Gasteiger partial charge in [-0.3, -0.25) is 9.59 Å². The summed E-state index contributed by atoms with van der Waals surface area (Å²) in [6, 6.07) is 13.6. The van der Waals surface area contributed by atoms with Crippen LogP contribution in [0.4, 0.5) is 11.4 Å². The first-order valence-electron chi connectivity index (χ1n) is 8.95. The van der Waals surface area contributed by atoms with E-state index >= 15 is 0 Å². The highest BCUT2D eigenvalue weighted by Gasteiger charge is 2.30. The number of benzene rings is 2. The minimum absolute atomic E-state index is 0.160. The Morgan fingerprint density at radius 2 is 1.96 bits per heavy atom.